The maximum atomic E-state index is 12.6. The molecule has 1 saturated heterocycles. The molecule has 6 nitrogen and oxygen atoms in total. The Kier molecular flexibility index (Phi) is 6.72. The zero-order chi connectivity index (χ0) is 21.0. The first kappa shape index (κ1) is 21.5. The second-order valence-corrected chi connectivity index (χ2v) is 9.47. The van der Waals surface area contributed by atoms with Crippen molar-refractivity contribution >= 4 is 15.9 Å². The number of nitrogens with one attached hydrogen (secondary N) is 1. The summed E-state index contributed by atoms with van der Waals surface area (Å²) >= 11 is 0. The van der Waals surface area contributed by atoms with E-state index in [0.29, 0.717) is 37.4 Å². The van der Waals surface area contributed by atoms with Gasteiger partial charge in [-0.25, -0.2) is 8.42 Å². The Morgan fingerprint density at radius 1 is 1.07 bits per heavy atom. The third-order valence-electron chi connectivity index (χ3n) is 5.31. The van der Waals surface area contributed by atoms with E-state index in [1.807, 2.05) is 13.0 Å². The number of carbonyl (C=O) groups is 1. The predicted molar refractivity (Wildman–Crippen MR) is 113 cm³/mol. The van der Waals surface area contributed by atoms with Gasteiger partial charge >= 0.3 is 0 Å². The van der Waals surface area contributed by atoms with Gasteiger partial charge in [-0.2, -0.15) is 4.31 Å². The topological polar surface area (TPSA) is 75.7 Å². The van der Waals surface area contributed by atoms with Crippen LogP contribution in [0, 0.1) is 13.8 Å². The van der Waals surface area contributed by atoms with Gasteiger partial charge in [0.1, 0.15) is 0 Å². The minimum Gasteiger partial charge on any atom is -0.379 e. The number of amides is 1. The van der Waals surface area contributed by atoms with Crippen LogP contribution in [0.4, 0.5) is 0 Å². The van der Waals surface area contributed by atoms with Crippen molar-refractivity contribution in [3.8, 4) is 0 Å². The minimum absolute atomic E-state index is 0.0755. The van der Waals surface area contributed by atoms with Crippen molar-refractivity contribution in [2.75, 3.05) is 26.3 Å². The SMILES string of the molecule is Cc1ccc([C@H](C)NC(=O)c2ccc(CS(=O)(=O)N3CCOCC3)cc2)cc1C. The van der Waals surface area contributed by atoms with Crippen LogP contribution in [0.25, 0.3) is 0 Å². The summed E-state index contributed by atoms with van der Waals surface area (Å²) in [6.45, 7) is 7.69. The molecule has 1 fully saturated rings. The number of hydrogen-bond donors (Lipinski definition) is 1. The number of benzene rings is 2. The monoisotopic (exact) mass is 416 g/mol. The molecule has 0 radical (unpaired) electrons. The number of aryl methyl sites for hydroxylation is 2. The molecule has 156 valence electrons. The summed E-state index contributed by atoms with van der Waals surface area (Å²) in [6.07, 6.45) is 0. The molecule has 1 amide bonds. The highest BCUT2D eigenvalue weighted by atomic mass is 32.2. The number of ether oxygens (including phenoxy) is 1. The third kappa shape index (κ3) is 5.44. The van der Waals surface area contributed by atoms with Crippen LogP contribution >= 0.6 is 0 Å². The van der Waals surface area contributed by atoms with E-state index in [1.54, 1.807) is 24.3 Å². The first-order valence-corrected chi connectivity index (χ1v) is 11.4. The molecular formula is C22H28N2O4S. The zero-order valence-electron chi connectivity index (χ0n) is 17.1. The van der Waals surface area contributed by atoms with E-state index in [-0.39, 0.29) is 17.7 Å². The third-order valence-corrected chi connectivity index (χ3v) is 7.16. The zero-order valence-corrected chi connectivity index (χ0v) is 18.0. The molecule has 0 saturated carbocycles. The quantitative estimate of drug-likeness (QED) is 0.786. The summed E-state index contributed by atoms with van der Waals surface area (Å²) in [4.78, 5) is 12.6. The second kappa shape index (κ2) is 9.07. The molecular weight excluding hydrogens is 388 g/mol. The maximum absolute atomic E-state index is 12.6. The highest BCUT2D eigenvalue weighted by Crippen LogP contribution is 2.18. The van der Waals surface area contributed by atoms with Crippen molar-refractivity contribution < 1.29 is 17.9 Å². The number of carbonyl (C=O) groups excluding carboxylic acids is 1. The van der Waals surface area contributed by atoms with Gasteiger partial charge in [-0.05, 0) is 55.2 Å². The van der Waals surface area contributed by atoms with Crippen molar-refractivity contribution in [2.45, 2.75) is 32.6 Å². The summed E-state index contributed by atoms with van der Waals surface area (Å²) < 4.78 is 31.7. The normalized spacial score (nSPS) is 16.4. The van der Waals surface area contributed by atoms with Crippen molar-refractivity contribution in [1.29, 1.82) is 0 Å². The van der Waals surface area contributed by atoms with Crippen LogP contribution < -0.4 is 5.32 Å². The fraction of sp³-hybridized carbons (Fsp3) is 0.409. The van der Waals surface area contributed by atoms with Crippen LogP contribution in [0.1, 0.15) is 45.6 Å². The Bertz CT molecular complexity index is 965. The van der Waals surface area contributed by atoms with Crippen molar-refractivity contribution in [3.63, 3.8) is 0 Å². The number of hydrogen-bond acceptors (Lipinski definition) is 4. The first-order chi connectivity index (χ1) is 13.8. The fourth-order valence-corrected chi connectivity index (χ4v) is 4.78. The lowest BCUT2D eigenvalue weighted by Crippen LogP contribution is -2.41. The summed E-state index contributed by atoms with van der Waals surface area (Å²) in [6, 6.07) is 12.8. The van der Waals surface area contributed by atoms with Crippen LogP contribution in [0.2, 0.25) is 0 Å². The van der Waals surface area contributed by atoms with Gasteiger partial charge in [0.25, 0.3) is 5.91 Å². The van der Waals surface area contributed by atoms with Crippen molar-refractivity contribution in [2.24, 2.45) is 0 Å². The molecule has 29 heavy (non-hydrogen) atoms. The van der Waals surface area contributed by atoms with Crippen LogP contribution in [-0.2, 0) is 20.5 Å². The van der Waals surface area contributed by atoms with Crippen LogP contribution in [0.3, 0.4) is 0 Å². The van der Waals surface area contributed by atoms with Crippen LogP contribution in [-0.4, -0.2) is 44.9 Å². The van der Waals surface area contributed by atoms with E-state index in [2.05, 4.69) is 31.3 Å². The Balaban J connectivity index is 1.63. The van der Waals surface area contributed by atoms with Gasteiger partial charge in [-0.3, -0.25) is 4.79 Å². The number of nitrogens with zero attached hydrogens (tertiary/aromatic N) is 1. The van der Waals surface area contributed by atoms with Gasteiger partial charge in [0.2, 0.25) is 10.0 Å². The molecule has 2 aromatic rings. The van der Waals surface area contributed by atoms with E-state index in [9.17, 15) is 13.2 Å². The van der Waals surface area contributed by atoms with Crippen molar-refractivity contribution in [1.82, 2.24) is 9.62 Å². The highest BCUT2D eigenvalue weighted by molar-refractivity contribution is 7.88. The van der Waals surface area contributed by atoms with Crippen LogP contribution in [0.5, 0.6) is 0 Å². The van der Waals surface area contributed by atoms with Gasteiger partial charge in [-0.1, -0.05) is 30.3 Å². The first-order valence-electron chi connectivity index (χ1n) is 9.79. The minimum atomic E-state index is -3.38. The largest absolute Gasteiger partial charge is 0.379 e. The molecule has 1 aliphatic heterocycles. The Labute approximate surface area is 172 Å². The van der Waals surface area contributed by atoms with Crippen LogP contribution in [0.15, 0.2) is 42.5 Å². The van der Waals surface area contributed by atoms with Gasteiger partial charge < -0.3 is 10.1 Å². The summed E-state index contributed by atoms with van der Waals surface area (Å²) in [5, 5.41) is 3.00. The molecule has 1 N–H and O–H groups in total. The maximum Gasteiger partial charge on any atom is 0.251 e. The predicted octanol–water partition coefficient (Wildman–Crippen LogP) is 2.96. The molecule has 2 aromatic carbocycles. The van der Waals surface area contributed by atoms with Gasteiger partial charge in [0.05, 0.1) is 25.0 Å². The molecule has 3 rings (SSSR count). The van der Waals surface area contributed by atoms with E-state index < -0.39 is 10.0 Å². The lowest BCUT2D eigenvalue weighted by Gasteiger charge is -2.26. The Morgan fingerprint density at radius 3 is 2.34 bits per heavy atom. The molecule has 0 bridgehead atoms. The Morgan fingerprint density at radius 2 is 1.72 bits per heavy atom. The molecule has 1 aliphatic rings. The van der Waals surface area contributed by atoms with E-state index in [1.165, 1.54) is 15.4 Å². The average molecular weight is 417 g/mol. The molecule has 0 aromatic heterocycles. The number of rotatable bonds is 6. The Hall–Kier alpha value is -2.22. The summed E-state index contributed by atoms with van der Waals surface area (Å²) in [5.41, 5.74) is 4.63. The number of sulfonamides is 1. The molecule has 0 spiro atoms. The molecule has 1 heterocycles. The molecule has 7 heteroatoms. The average Bonchev–Trinajstić information content (AvgIpc) is 2.71. The fourth-order valence-electron chi connectivity index (χ4n) is 3.28. The summed E-state index contributed by atoms with van der Waals surface area (Å²) in [5.74, 6) is -0.258. The summed E-state index contributed by atoms with van der Waals surface area (Å²) in [7, 11) is -3.38. The smallest absolute Gasteiger partial charge is 0.251 e. The molecule has 1 atom stereocenters. The van der Waals surface area contributed by atoms with E-state index >= 15 is 0 Å². The second-order valence-electron chi connectivity index (χ2n) is 7.50. The van der Waals surface area contributed by atoms with Crippen molar-refractivity contribution in [3.05, 3.63) is 70.3 Å². The van der Waals surface area contributed by atoms with Gasteiger partial charge in [-0.15, -0.1) is 0 Å². The van der Waals surface area contributed by atoms with E-state index in [4.69, 9.17) is 4.74 Å². The van der Waals surface area contributed by atoms with Gasteiger partial charge in [0, 0.05) is 18.7 Å². The standard InChI is InChI=1S/C22H28N2O4S/c1-16-4-7-21(14-17(16)2)18(3)23-22(25)20-8-5-19(6-9-20)15-29(26,27)24-10-12-28-13-11-24/h4-9,14,18H,10-13,15H2,1-3H3,(H,23,25)/t18-/m0/s1. The highest BCUT2D eigenvalue weighted by Gasteiger charge is 2.24. The van der Waals surface area contributed by atoms with E-state index in [0.717, 1.165) is 5.56 Å². The number of morpholine rings is 1. The lowest BCUT2D eigenvalue weighted by molar-refractivity contribution is 0.0729. The molecule has 0 aliphatic carbocycles. The molecule has 0 unspecified atom stereocenters. The lowest BCUT2D eigenvalue weighted by atomic mass is 10.0. The van der Waals surface area contributed by atoms with Gasteiger partial charge in [0.15, 0.2) is 0 Å².